The number of aromatic nitrogens is 2. The van der Waals surface area contributed by atoms with Gasteiger partial charge in [0, 0.05) is 11.5 Å². The molecule has 1 N–H and O–H groups in total. The van der Waals surface area contributed by atoms with Gasteiger partial charge in [0.25, 0.3) is 0 Å². The van der Waals surface area contributed by atoms with Gasteiger partial charge >= 0.3 is 0 Å². The molecule has 0 bridgehead atoms. The third kappa shape index (κ3) is 3.19. The van der Waals surface area contributed by atoms with Crippen LogP contribution < -0.4 is 10.1 Å². The molecule has 0 unspecified atom stereocenters. The van der Waals surface area contributed by atoms with Crippen LogP contribution in [0.5, 0.6) is 11.6 Å². The average molecular weight is 395 g/mol. The van der Waals surface area contributed by atoms with Crippen molar-refractivity contribution in [2.75, 3.05) is 12.4 Å². The monoisotopic (exact) mass is 393 g/mol. The van der Waals surface area contributed by atoms with Crippen LogP contribution in [0.3, 0.4) is 0 Å². The van der Waals surface area contributed by atoms with Gasteiger partial charge in [0.2, 0.25) is 17.6 Å². The summed E-state index contributed by atoms with van der Waals surface area (Å²) < 4.78 is 32.9. The Hall–Kier alpha value is -1.28. The number of hydrogen-bond acceptors (Lipinski definition) is 4. The molecule has 0 spiro atoms. The number of anilines is 1. The number of nitrogens with zero attached hydrogens (tertiary/aromatic N) is 2. The van der Waals surface area contributed by atoms with E-state index >= 15 is 0 Å². The molecule has 0 aliphatic heterocycles. The van der Waals surface area contributed by atoms with Crippen molar-refractivity contribution in [3.63, 3.8) is 0 Å². The Morgan fingerprint density at radius 2 is 2.00 bits per heavy atom. The van der Waals surface area contributed by atoms with E-state index in [0.29, 0.717) is 14.9 Å². The molecule has 0 amide bonds. The van der Waals surface area contributed by atoms with E-state index in [1.807, 2.05) is 0 Å². The van der Waals surface area contributed by atoms with Crippen LogP contribution in [0.2, 0.25) is 0 Å². The molecule has 2 rings (SSSR count). The molecule has 0 saturated carbocycles. The molecule has 0 saturated heterocycles. The van der Waals surface area contributed by atoms with Gasteiger partial charge in [0.1, 0.15) is 0 Å². The van der Waals surface area contributed by atoms with E-state index in [9.17, 15) is 8.78 Å². The summed E-state index contributed by atoms with van der Waals surface area (Å²) in [6.45, 7) is 0. The van der Waals surface area contributed by atoms with E-state index in [-0.39, 0.29) is 11.6 Å². The maximum Gasteiger partial charge on any atom is 0.238 e. The van der Waals surface area contributed by atoms with Crippen LogP contribution in [0.4, 0.5) is 14.7 Å². The maximum atomic E-state index is 13.6. The molecular weight excluding hydrogens is 388 g/mol. The number of benzene rings is 1. The van der Waals surface area contributed by atoms with Gasteiger partial charge in [-0.15, -0.1) is 0 Å². The molecule has 2 aromatic rings. The lowest BCUT2D eigenvalue weighted by atomic mass is 10.3. The molecule has 4 nitrogen and oxygen atoms in total. The third-order valence-corrected chi connectivity index (χ3v) is 3.10. The molecule has 1 aromatic heterocycles. The van der Waals surface area contributed by atoms with Gasteiger partial charge in [-0.1, -0.05) is 15.9 Å². The van der Waals surface area contributed by atoms with Crippen molar-refractivity contribution in [2.24, 2.45) is 0 Å². The van der Waals surface area contributed by atoms with E-state index in [4.69, 9.17) is 4.74 Å². The minimum absolute atomic E-state index is 0.0794. The zero-order valence-electron chi connectivity index (χ0n) is 9.55. The summed E-state index contributed by atoms with van der Waals surface area (Å²) >= 11 is 6.24. The van der Waals surface area contributed by atoms with Crippen molar-refractivity contribution >= 4 is 37.8 Å². The summed E-state index contributed by atoms with van der Waals surface area (Å²) in [7, 11) is 1.63. The summed E-state index contributed by atoms with van der Waals surface area (Å²) in [5, 5.41) is 2.72. The number of hydrogen-bond donors (Lipinski definition) is 1. The first-order valence-corrected chi connectivity index (χ1v) is 6.62. The highest BCUT2D eigenvalue weighted by atomic mass is 79.9. The minimum atomic E-state index is -1.08. The Morgan fingerprint density at radius 1 is 1.26 bits per heavy atom. The third-order valence-electron chi connectivity index (χ3n) is 2.10. The fraction of sp³-hybridized carbons (Fsp3) is 0.0909. The van der Waals surface area contributed by atoms with Crippen molar-refractivity contribution in [1.29, 1.82) is 0 Å². The SMILES string of the molecule is CNc1ncc(Br)c(Oc2cc(Br)cc(F)c2F)n1. The van der Waals surface area contributed by atoms with Crippen molar-refractivity contribution in [2.45, 2.75) is 0 Å². The highest BCUT2D eigenvalue weighted by molar-refractivity contribution is 9.10. The van der Waals surface area contributed by atoms with Gasteiger partial charge in [0.15, 0.2) is 11.6 Å². The van der Waals surface area contributed by atoms with Crippen LogP contribution in [0.15, 0.2) is 27.3 Å². The van der Waals surface area contributed by atoms with Gasteiger partial charge in [-0.25, -0.2) is 9.37 Å². The summed E-state index contributed by atoms with van der Waals surface area (Å²) in [5.41, 5.74) is 0. The molecule has 1 aromatic carbocycles. The molecule has 0 aliphatic carbocycles. The molecule has 1 heterocycles. The molecule has 0 fully saturated rings. The van der Waals surface area contributed by atoms with E-state index in [1.165, 1.54) is 12.3 Å². The molecule has 0 radical (unpaired) electrons. The number of nitrogens with one attached hydrogen (secondary N) is 1. The quantitative estimate of drug-likeness (QED) is 0.795. The van der Waals surface area contributed by atoms with Crippen molar-refractivity contribution in [3.05, 3.63) is 38.9 Å². The van der Waals surface area contributed by atoms with Crippen molar-refractivity contribution in [3.8, 4) is 11.6 Å². The van der Waals surface area contributed by atoms with E-state index in [2.05, 4.69) is 47.1 Å². The highest BCUT2D eigenvalue weighted by Gasteiger charge is 2.15. The second-order valence-corrected chi connectivity index (χ2v) is 5.17. The predicted octanol–water partition coefficient (Wildman–Crippen LogP) is 4.11. The van der Waals surface area contributed by atoms with E-state index in [1.54, 1.807) is 7.05 Å². The van der Waals surface area contributed by atoms with Gasteiger partial charge < -0.3 is 10.1 Å². The van der Waals surface area contributed by atoms with E-state index in [0.717, 1.165) is 6.07 Å². The van der Waals surface area contributed by atoms with Crippen LogP contribution in [0, 0.1) is 11.6 Å². The summed E-state index contributed by atoms with van der Waals surface area (Å²) in [4.78, 5) is 7.92. The molecule has 0 atom stereocenters. The highest BCUT2D eigenvalue weighted by Crippen LogP contribution is 2.32. The summed E-state index contributed by atoms with van der Waals surface area (Å²) in [6.07, 6.45) is 1.44. The normalized spacial score (nSPS) is 10.4. The predicted molar refractivity (Wildman–Crippen MR) is 73.4 cm³/mol. The summed E-state index contributed by atoms with van der Waals surface area (Å²) in [5.74, 6) is -1.98. The number of ether oxygens (including phenoxy) is 1. The smallest absolute Gasteiger partial charge is 0.238 e. The first kappa shape index (κ1) is 14.1. The van der Waals surface area contributed by atoms with Crippen LogP contribution in [0.1, 0.15) is 0 Å². The van der Waals surface area contributed by atoms with Gasteiger partial charge in [0.05, 0.1) is 10.7 Å². The first-order chi connectivity index (χ1) is 9.01. The zero-order valence-corrected chi connectivity index (χ0v) is 12.7. The Labute approximate surface area is 124 Å². The molecule has 19 heavy (non-hydrogen) atoms. The van der Waals surface area contributed by atoms with E-state index < -0.39 is 11.6 Å². The topological polar surface area (TPSA) is 47.0 Å². The zero-order chi connectivity index (χ0) is 14.0. The average Bonchev–Trinajstić information content (AvgIpc) is 2.38. The summed E-state index contributed by atoms with van der Waals surface area (Å²) in [6, 6.07) is 2.32. The second kappa shape index (κ2) is 5.79. The van der Waals surface area contributed by atoms with Crippen molar-refractivity contribution in [1.82, 2.24) is 9.97 Å². The standard InChI is InChI=1S/C11H7Br2F2N3O/c1-16-11-17-4-6(13)10(18-11)19-8-3-5(12)2-7(14)9(8)15/h2-4H,1H3,(H,16,17,18). The van der Waals surface area contributed by atoms with Crippen LogP contribution in [-0.2, 0) is 0 Å². The number of halogens is 4. The van der Waals surface area contributed by atoms with Crippen LogP contribution in [0.25, 0.3) is 0 Å². The van der Waals surface area contributed by atoms with Gasteiger partial charge in [-0.3, -0.25) is 0 Å². The Kier molecular flexibility index (Phi) is 4.31. The molecular formula is C11H7Br2F2N3O. The lowest BCUT2D eigenvalue weighted by Gasteiger charge is -2.09. The van der Waals surface area contributed by atoms with Crippen LogP contribution >= 0.6 is 31.9 Å². The Bertz CT molecular complexity index is 625. The Morgan fingerprint density at radius 3 is 2.68 bits per heavy atom. The fourth-order valence-corrected chi connectivity index (χ4v) is 1.94. The first-order valence-electron chi connectivity index (χ1n) is 5.04. The molecule has 0 aliphatic rings. The lowest BCUT2D eigenvalue weighted by Crippen LogP contribution is -2.00. The van der Waals surface area contributed by atoms with Crippen LogP contribution in [-0.4, -0.2) is 17.0 Å². The molecule has 100 valence electrons. The maximum absolute atomic E-state index is 13.6. The number of rotatable bonds is 3. The fourth-order valence-electron chi connectivity index (χ4n) is 1.25. The Balaban J connectivity index is 2.41. The minimum Gasteiger partial charge on any atom is -0.434 e. The van der Waals surface area contributed by atoms with Gasteiger partial charge in [-0.2, -0.15) is 9.37 Å². The second-order valence-electron chi connectivity index (χ2n) is 3.40. The lowest BCUT2D eigenvalue weighted by molar-refractivity contribution is 0.403. The van der Waals surface area contributed by atoms with Gasteiger partial charge in [-0.05, 0) is 28.1 Å². The largest absolute Gasteiger partial charge is 0.434 e. The molecule has 8 heteroatoms. The van der Waals surface area contributed by atoms with Crippen molar-refractivity contribution < 1.29 is 13.5 Å².